The van der Waals surface area contributed by atoms with Crippen molar-refractivity contribution in [3.63, 3.8) is 0 Å². The fourth-order valence-corrected chi connectivity index (χ4v) is 1.06. The number of urea groups is 1. The first kappa shape index (κ1) is 13.3. The predicted molar refractivity (Wildman–Crippen MR) is 60.4 cm³/mol. The molecule has 0 saturated carbocycles. The minimum Gasteiger partial charge on any atom is -0.338 e. The highest BCUT2D eigenvalue weighted by atomic mass is 16.2. The third-order valence-corrected chi connectivity index (χ3v) is 2.20. The van der Waals surface area contributed by atoms with Gasteiger partial charge in [-0.3, -0.25) is 0 Å². The zero-order valence-electron chi connectivity index (χ0n) is 9.97. The second kappa shape index (κ2) is 7.65. The number of nitrogens with zero attached hydrogens (tertiary/aromatic N) is 1. The molecule has 0 aromatic rings. The monoisotopic (exact) mass is 200 g/mol. The predicted octanol–water partition coefficient (Wildman–Crippen LogP) is 2.47. The van der Waals surface area contributed by atoms with E-state index < -0.39 is 0 Å². The Labute approximate surface area is 87.9 Å². The van der Waals surface area contributed by atoms with Gasteiger partial charge < -0.3 is 10.2 Å². The summed E-state index contributed by atoms with van der Waals surface area (Å²) in [6, 6.07) is 0.0547. The molecule has 0 unspecified atom stereocenters. The summed E-state index contributed by atoms with van der Waals surface area (Å²) in [7, 11) is 1.85. The van der Waals surface area contributed by atoms with Crippen LogP contribution in [0.5, 0.6) is 0 Å². The van der Waals surface area contributed by atoms with Crippen LogP contribution >= 0.6 is 0 Å². The number of amides is 2. The Balaban J connectivity index is 3.54. The van der Waals surface area contributed by atoms with Gasteiger partial charge in [-0.2, -0.15) is 0 Å². The molecule has 14 heavy (non-hydrogen) atoms. The fraction of sp³-hybridized carbons (Fsp3) is 0.909. The van der Waals surface area contributed by atoms with E-state index in [2.05, 4.69) is 26.1 Å². The highest BCUT2D eigenvalue weighted by molar-refractivity contribution is 5.73. The molecule has 0 aromatic carbocycles. The van der Waals surface area contributed by atoms with Crippen LogP contribution in [0, 0.1) is 5.92 Å². The molecule has 0 aliphatic heterocycles. The molecular formula is C11H24N2O. The molecule has 0 atom stereocenters. The average molecular weight is 200 g/mol. The molecule has 0 bridgehead atoms. The zero-order valence-corrected chi connectivity index (χ0v) is 9.97. The largest absolute Gasteiger partial charge is 0.338 e. The Morgan fingerprint density at radius 3 is 2.57 bits per heavy atom. The molecule has 0 radical (unpaired) electrons. The quantitative estimate of drug-likeness (QED) is 0.656. The Morgan fingerprint density at radius 2 is 2.07 bits per heavy atom. The number of unbranched alkanes of at least 4 members (excludes halogenated alkanes) is 1. The van der Waals surface area contributed by atoms with Gasteiger partial charge in [-0.1, -0.05) is 27.2 Å². The van der Waals surface area contributed by atoms with Crippen LogP contribution in [0.1, 0.15) is 40.0 Å². The van der Waals surface area contributed by atoms with Crippen molar-refractivity contribution in [2.75, 3.05) is 20.1 Å². The zero-order chi connectivity index (χ0) is 11.0. The van der Waals surface area contributed by atoms with Gasteiger partial charge in [0.25, 0.3) is 0 Å². The summed E-state index contributed by atoms with van der Waals surface area (Å²) >= 11 is 0. The van der Waals surface area contributed by atoms with Crippen LogP contribution in [0.25, 0.3) is 0 Å². The molecular weight excluding hydrogens is 176 g/mol. The summed E-state index contributed by atoms with van der Waals surface area (Å²) in [4.78, 5) is 13.2. The number of carbonyl (C=O) groups is 1. The SMILES string of the molecule is CCCCNC(=O)N(C)CCC(C)C. The summed E-state index contributed by atoms with van der Waals surface area (Å²) in [5.41, 5.74) is 0. The van der Waals surface area contributed by atoms with Crippen LogP contribution in [0.4, 0.5) is 4.79 Å². The topological polar surface area (TPSA) is 32.3 Å². The molecule has 1 N–H and O–H groups in total. The van der Waals surface area contributed by atoms with Crippen molar-refractivity contribution in [2.24, 2.45) is 5.92 Å². The average Bonchev–Trinajstić information content (AvgIpc) is 2.14. The van der Waals surface area contributed by atoms with Crippen LogP contribution in [-0.2, 0) is 0 Å². The van der Waals surface area contributed by atoms with Crippen molar-refractivity contribution in [1.29, 1.82) is 0 Å². The number of hydrogen-bond donors (Lipinski definition) is 1. The fourth-order valence-electron chi connectivity index (χ4n) is 1.06. The summed E-state index contributed by atoms with van der Waals surface area (Å²) in [5.74, 6) is 0.654. The normalized spacial score (nSPS) is 10.4. The van der Waals surface area contributed by atoms with E-state index in [1.54, 1.807) is 4.90 Å². The van der Waals surface area contributed by atoms with Crippen LogP contribution in [0.15, 0.2) is 0 Å². The van der Waals surface area contributed by atoms with Gasteiger partial charge in [0.15, 0.2) is 0 Å². The van der Waals surface area contributed by atoms with E-state index >= 15 is 0 Å². The Hall–Kier alpha value is -0.730. The molecule has 0 fully saturated rings. The van der Waals surface area contributed by atoms with Crippen molar-refractivity contribution in [2.45, 2.75) is 40.0 Å². The molecule has 0 heterocycles. The van der Waals surface area contributed by atoms with Crippen molar-refractivity contribution in [1.82, 2.24) is 10.2 Å². The Kier molecular flexibility index (Phi) is 7.25. The Morgan fingerprint density at radius 1 is 1.43 bits per heavy atom. The summed E-state index contributed by atoms with van der Waals surface area (Å²) in [6.07, 6.45) is 3.25. The maximum absolute atomic E-state index is 11.4. The maximum atomic E-state index is 11.4. The second-order valence-corrected chi connectivity index (χ2v) is 4.19. The lowest BCUT2D eigenvalue weighted by atomic mass is 10.1. The number of rotatable bonds is 6. The van der Waals surface area contributed by atoms with Gasteiger partial charge >= 0.3 is 6.03 Å². The maximum Gasteiger partial charge on any atom is 0.317 e. The summed E-state index contributed by atoms with van der Waals surface area (Å²) < 4.78 is 0. The third kappa shape index (κ3) is 6.75. The Bertz CT molecular complexity index is 157. The molecule has 0 aliphatic rings. The van der Waals surface area contributed by atoms with Crippen LogP contribution < -0.4 is 5.32 Å². The van der Waals surface area contributed by atoms with Crippen molar-refractivity contribution < 1.29 is 4.79 Å². The lowest BCUT2D eigenvalue weighted by Crippen LogP contribution is -2.38. The van der Waals surface area contributed by atoms with Crippen molar-refractivity contribution >= 4 is 6.03 Å². The number of carbonyl (C=O) groups excluding carboxylic acids is 1. The van der Waals surface area contributed by atoms with Gasteiger partial charge in [-0.25, -0.2) is 4.79 Å². The van der Waals surface area contributed by atoms with Gasteiger partial charge in [0.05, 0.1) is 0 Å². The van der Waals surface area contributed by atoms with Crippen LogP contribution in [0.3, 0.4) is 0 Å². The van der Waals surface area contributed by atoms with E-state index in [0.717, 1.165) is 32.4 Å². The lowest BCUT2D eigenvalue weighted by Gasteiger charge is -2.18. The summed E-state index contributed by atoms with van der Waals surface area (Å²) in [6.45, 7) is 8.09. The van der Waals surface area contributed by atoms with Crippen LogP contribution in [0.2, 0.25) is 0 Å². The first-order chi connectivity index (χ1) is 6.57. The minimum atomic E-state index is 0.0547. The van der Waals surface area contributed by atoms with Gasteiger partial charge in [-0.15, -0.1) is 0 Å². The van der Waals surface area contributed by atoms with Crippen molar-refractivity contribution in [3.8, 4) is 0 Å². The highest BCUT2D eigenvalue weighted by Crippen LogP contribution is 2.00. The summed E-state index contributed by atoms with van der Waals surface area (Å²) in [5, 5.41) is 2.89. The first-order valence-electron chi connectivity index (χ1n) is 5.56. The van der Waals surface area contributed by atoms with E-state index in [4.69, 9.17) is 0 Å². The lowest BCUT2D eigenvalue weighted by molar-refractivity contribution is 0.206. The molecule has 3 nitrogen and oxygen atoms in total. The molecule has 0 aliphatic carbocycles. The molecule has 3 heteroatoms. The van der Waals surface area contributed by atoms with Crippen molar-refractivity contribution in [3.05, 3.63) is 0 Å². The molecule has 2 amide bonds. The van der Waals surface area contributed by atoms with E-state index in [9.17, 15) is 4.79 Å². The van der Waals surface area contributed by atoms with E-state index in [0.29, 0.717) is 5.92 Å². The van der Waals surface area contributed by atoms with Gasteiger partial charge in [0, 0.05) is 20.1 Å². The second-order valence-electron chi connectivity index (χ2n) is 4.19. The third-order valence-electron chi connectivity index (χ3n) is 2.20. The minimum absolute atomic E-state index is 0.0547. The highest BCUT2D eigenvalue weighted by Gasteiger charge is 2.07. The smallest absolute Gasteiger partial charge is 0.317 e. The van der Waals surface area contributed by atoms with Gasteiger partial charge in [-0.05, 0) is 18.8 Å². The van der Waals surface area contributed by atoms with Crippen LogP contribution in [-0.4, -0.2) is 31.1 Å². The van der Waals surface area contributed by atoms with Gasteiger partial charge in [0.1, 0.15) is 0 Å². The molecule has 0 rings (SSSR count). The molecule has 84 valence electrons. The molecule has 0 spiro atoms. The first-order valence-corrected chi connectivity index (χ1v) is 5.56. The van der Waals surface area contributed by atoms with E-state index in [1.165, 1.54) is 0 Å². The van der Waals surface area contributed by atoms with Gasteiger partial charge in [0.2, 0.25) is 0 Å². The number of nitrogens with one attached hydrogen (secondary N) is 1. The molecule has 0 aromatic heterocycles. The number of hydrogen-bond acceptors (Lipinski definition) is 1. The standard InChI is InChI=1S/C11H24N2O/c1-5-6-8-12-11(14)13(4)9-7-10(2)3/h10H,5-9H2,1-4H3,(H,12,14). The van der Waals surface area contributed by atoms with E-state index in [1.807, 2.05) is 7.05 Å². The van der Waals surface area contributed by atoms with E-state index in [-0.39, 0.29) is 6.03 Å². The molecule has 0 saturated heterocycles.